The van der Waals surface area contributed by atoms with Gasteiger partial charge in [0.15, 0.2) is 0 Å². The normalized spacial score (nSPS) is 17.8. The van der Waals surface area contributed by atoms with E-state index in [1.807, 2.05) is 0 Å². The summed E-state index contributed by atoms with van der Waals surface area (Å²) in [6.07, 6.45) is 2.41. The average molecular weight is 346 g/mol. The zero-order chi connectivity index (χ0) is 17.3. The van der Waals surface area contributed by atoms with Crippen LogP contribution in [0.25, 0.3) is 0 Å². The smallest absolute Gasteiger partial charge is 0.265 e. The van der Waals surface area contributed by atoms with Crippen molar-refractivity contribution in [2.24, 2.45) is 10.8 Å². The zero-order valence-electron chi connectivity index (χ0n) is 12.9. The first-order valence-electron chi connectivity index (χ1n) is 7.28. The van der Waals surface area contributed by atoms with E-state index >= 15 is 0 Å². The molecule has 24 heavy (non-hydrogen) atoms. The van der Waals surface area contributed by atoms with Crippen molar-refractivity contribution in [1.29, 1.82) is 0 Å². The molecule has 8 heteroatoms. The van der Waals surface area contributed by atoms with E-state index in [0.717, 1.165) is 15.4 Å². The maximum atomic E-state index is 13.0. The summed E-state index contributed by atoms with van der Waals surface area (Å²) in [7, 11) is 1.49. The summed E-state index contributed by atoms with van der Waals surface area (Å²) < 4.78 is 13.0. The molecule has 2 aromatic rings. The van der Waals surface area contributed by atoms with Crippen LogP contribution < -0.4 is 5.73 Å². The third-order valence-corrected chi connectivity index (χ3v) is 4.85. The van der Waals surface area contributed by atoms with Gasteiger partial charge in [-0.05, 0) is 17.7 Å². The van der Waals surface area contributed by atoms with E-state index in [0.29, 0.717) is 11.4 Å². The van der Waals surface area contributed by atoms with Crippen molar-refractivity contribution < 1.29 is 14.0 Å². The van der Waals surface area contributed by atoms with Crippen LogP contribution in [0.4, 0.5) is 4.39 Å². The molecule has 2 N–H and O–H groups in total. The first-order valence-corrected chi connectivity index (χ1v) is 8.09. The number of carbonyl (C=O) groups excluding carboxylic acids is 2. The fraction of sp³-hybridized carbons (Fsp3) is 0.250. The van der Waals surface area contributed by atoms with Crippen molar-refractivity contribution >= 4 is 28.9 Å². The summed E-state index contributed by atoms with van der Waals surface area (Å²) in [5.74, 6) is -1.65. The number of carbonyl (C=O) groups is 2. The second-order valence-electron chi connectivity index (χ2n) is 5.49. The number of aromatic nitrogens is 1. The number of nitrogens with two attached hydrogens (primary N) is 1. The van der Waals surface area contributed by atoms with Crippen LogP contribution in [-0.2, 0) is 16.0 Å². The predicted molar refractivity (Wildman–Crippen MR) is 88.1 cm³/mol. The number of hydrazone groups is 1. The van der Waals surface area contributed by atoms with Crippen molar-refractivity contribution in [3.63, 3.8) is 0 Å². The Morgan fingerprint density at radius 1 is 1.42 bits per heavy atom. The number of amides is 2. The number of benzene rings is 1. The predicted octanol–water partition coefficient (Wildman–Crippen LogP) is 1.66. The summed E-state index contributed by atoms with van der Waals surface area (Å²) in [5, 5.41) is 5.73. The number of hydrogen-bond donors (Lipinski definition) is 1. The van der Waals surface area contributed by atoms with Gasteiger partial charge in [0.05, 0.1) is 5.92 Å². The number of nitrogens with zero attached hydrogens (tertiary/aromatic N) is 3. The van der Waals surface area contributed by atoms with E-state index in [2.05, 4.69) is 10.1 Å². The lowest BCUT2D eigenvalue weighted by Gasteiger charge is -2.24. The van der Waals surface area contributed by atoms with Crippen molar-refractivity contribution in [2.75, 3.05) is 7.05 Å². The van der Waals surface area contributed by atoms with Crippen LogP contribution in [0.1, 0.15) is 27.8 Å². The first kappa shape index (κ1) is 16.3. The summed E-state index contributed by atoms with van der Waals surface area (Å²) in [5.41, 5.74) is 6.47. The molecular formula is C16H15FN4O2S. The largest absolute Gasteiger partial charge is 0.364 e. The monoisotopic (exact) mass is 346 g/mol. The Labute approximate surface area is 141 Å². The molecule has 1 unspecified atom stereocenters. The van der Waals surface area contributed by atoms with E-state index in [-0.39, 0.29) is 23.9 Å². The molecule has 1 atom stereocenters. The van der Waals surface area contributed by atoms with Crippen LogP contribution in [-0.4, -0.2) is 34.6 Å². The number of hydrogen-bond acceptors (Lipinski definition) is 5. The standard InChI is InChI=1S/C16H15FN4O2S/c1-21-13(22)7-12(14(20-21)15(18)23)16-19-8-11(24-16)6-9-2-4-10(17)5-3-9/h2-5,8,12H,6-7H2,1H3,(H2,18,23). The highest BCUT2D eigenvalue weighted by Crippen LogP contribution is 2.30. The van der Waals surface area contributed by atoms with Gasteiger partial charge in [0.1, 0.15) is 16.5 Å². The molecule has 2 amide bonds. The second-order valence-corrected chi connectivity index (χ2v) is 6.64. The van der Waals surface area contributed by atoms with E-state index in [1.54, 1.807) is 18.3 Å². The quantitative estimate of drug-likeness (QED) is 0.913. The van der Waals surface area contributed by atoms with Gasteiger partial charge in [-0.25, -0.2) is 14.4 Å². The van der Waals surface area contributed by atoms with E-state index in [4.69, 9.17) is 5.73 Å². The highest BCUT2D eigenvalue weighted by molar-refractivity contribution is 7.11. The molecule has 0 bridgehead atoms. The molecule has 6 nitrogen and oxygen atoms in total. The van der Waals surface area contributed by atoms with Gasteiger partial charge in [0, 0.05) is 31.0 Å². The molecule has 0 saturated carbocycles. The number of thiazole rings is 1. The first-order chi connectivity index (χ1) is 11.4. The number of halogens is 1. The highest BCUT2D eigenvalue weighted by atomic mass is 32.1. The molecule has 0 saturated heterocycles. The van der Waals surface area contributed by atoms with Crippen molar-refractivity contribution in [3.05, 3.63) is 51.7 Å². The van der Waals surface area contributed by atoms with Gasteiger partial charge in [-0.15, -0.1) is 11.3 Å². The maximum absolute atomic E-state index is 13.0. The minimum absolute atomic E-state index is 0.113. The molecule has 3 rings (SSSR count). The minimum Gasteiger partial charge on any atom is -0.364 e. The van der Waals surface area contributed by atoms with Gasteiger partial charge in [0.25, 0.3) is 5.91 Å². The summed E-state index contributed by atoms with van der Waals surface area (Å²) in [6.45, 7) is 0. The van der Waals surface area contributed by atoms with Crippen molar-refractivity contribution in [1.82, 2.24) is 9.99 Å². The van der Waals surface area contributed by atoms with Crippen LogP contribution in [0.15, 0.2) is 35.6 Å². The molecule has 0 aliphatic carbocycles. The lowest BCUT2D eigenvalue weighted by Crippen LogP contribution is -2.39. The molecule has 0 radical (unpaired) electrons. The van der Waals surface area contributed by atoms with Crippen molar-refractivity contribution in [2.45, 2.75) is 18.8 Å². The van der Waals surface area contributed by atoms with Gasteiger partial charge >= 0.3 is 0 Å². The number of primary amides is 1. The molecule has 1 aliphatic heterocycles. The third-order valence-electron chi connectivity index (χ3n) is 3.74. The topological polar surface area (TPSA) is 88.7 Å². The number of rotatable bonds is 4. The Morgan fingerprint density at radius 2 is 2.12 bits per heavy atom. The molecule has 1 aliphatic rings. The van der Waals surface area contributed by atoms with Crippen LogP contribution in [0.3, 0.4) is 0 Å². The lowest BCUT2D eigenvalue weighted by molar-refractivity contribution is -0.130. The van der Waals surface area contributed by atoms with E-state index in [9.17, 15) is 14.0 Å². The molecule has 2 heterocycles. The molecule has 0 spiro atoms. The summed E-state index contributed by atoms with van der Waals surface area (Å²) in [6, 6.07) is 6.24. The van der Waals surface area contributed by atoms with Crippen LogP contribution in [0, 0.1) is 5.82 Å². The zero-order valence-corrected chi connectivity index (χ0v) is 13.7. The Kier molecular flexibility index (Phi) is 4.39. The third kappa shape index (κ3) is 3.33. The molecule has 0 fully saturated rings. The van der Waals surface area contributed by atoms with Crippen molar-refractivity contribution in [3.8, 4) is 0 Å². The van der Waals surface area contributed by atoms with E-state index < -0.39 is 11.8 Å². The van der Waals surface area contributed by atoms with Crippen LogP contribution in [0.5, 0.6) is 0 Å². The van der Waals surface area contributed by atoms with Gasteiger partial charge in [-0.3, -0.25) is 9.59 Å². The Bertz CT molecular complexity index is 816. The summed E-state index contributed by atoms with van der Waals surface area (Å²) in [4.78, 5) is 28.8. The van der Waals surface area contributed by atoms with Crippen LogP contribution in [0.2, 0.25) is 0 Å². The molecule has 124 valence electrons. The SMILES string of the molecule is CN1N=C(C(N)=O)C(c2ncc(Cc3ccc(F)cc3)s2)CC1=O. The van der Waals surface area contributed by atoms with Gasteiger partial charge < -0.3 is 5.73 Å². The Hall–Kier alpha value is -2.61. The van der Waals surface area contributed by atoms with Gasteiger partial charge in [0.2, 0.25) is 5.91 Å². The average Bonchev–Trinajstić information content (AvgIpc) is 3.00. The molecule has 1 aromatic carbocycles. The molecule has 1 aromatic heterocycles. The van der Waals surface area contributed by atoms with E-state index in [1.165, 1.54) is 30.5 Å². The Morgan fingerprint density at radius 3 is 2.79 bits per heavy atom. The molecular weight excluding hydrogens is 331 g/mol. The lowest BCUT2D eigenvalue weighted by atomic mass is 9.97. The van der Waals surface area contributed by atoms with Gasteiger partial charge in [-0.1, -0.05) is 12.1 Å². The second kappa shape index (κ2) is 6.48. The minimum atomic E-state index is -0.658. The highest BCUT2D eigenvalue weighted by Gasteiger charge is 2.33. The Balaban J connectivity index is 1.84. The van der Waals surface area contributed by atoms with Crippen LogP contribution >= 0.6 is 11.3 Å². The fourth-order valence-corrected chi connectivity index (χ4v) is 3.54. The summed E-state index contributed by atoms with van der Waals surface area (Å²) >= 11 is 1.40. The maximum Gasteiger partial charge on any atom is 0.265 e. The fourth-order valence-electron chi connectivity index (χ4n) is 2.48. The van der Waals surface area contributed by atoms with Gasteiger partial charge in [-0.2, -0.15) is 5.10 Å².